The van der Waals surface area contributed by atoms with Gasteiger partial charge in [-0.1, -0.05) is 18.7 Å². The van der Waals surface area contributed by atoms with Crippen molar-refractivity contribution in [3.05, 3.63) is 42.5 Å². The van der Waals surface area contributed by atoms with Gasteiger partial charge in [-0.15, -0.1) is 0 Å². The molecule has 0 aliphatic heterocycles. The number of benzene rings is 1. The lowest BCUT2D eigenvalue weighted by atomic mass is 10.1. The van der Waals surface area contributed by atoms with Crippen LogP contribution < -0.4 is 10.5 Å². The summed E-state index contributed by atoms with van der Waals surface area (Å²) in [5, 5.41) is 8.67. The van der Waals surface area contributed by atoms with Crippen molar-refractivity contribution in [3.63, 3.8) is 0 Å². The van der Waals surface area contributed by atoms with Gasteiger partial charge in [0.1, 0.15) is 11.8 Å². The van der Waals surface area contributed by atoms with Crippen molar-refractivity contribution in [1.29, 1.82) is 0 Å². The molecule has 0 amide bonds. The first-order chi connectivity index (χ1) is 8.52. The molecule has 1 aromatic rings. The predicted octanol–water partition coefficient (Wildman–Crippen LogP) is 0.775. The number of carboxylic acid groups (broad SMARTS) is 1. The maximum absolute atomic E-state index is 10.9. The molecular weight excluding hydrogens is 234 g/mol. The smallest absolute Gasteiger partial charge is 0.320 e. The van der Waals surface area contributed by atoms with E-state index in [9.17, 15) is 9.59 Å². The molecule has 0 saturated heterocycles. The van der Waals surface area contributed by atoms with Crippen LogP contribution in [0.3, 0.4) is 0 Å². The van der Waals surface area contributed by atoms with Crippen molar-refractivity contribution in [1.82, 2.24) is 0 Å². The van der Waals surface area contributed by atoms with Gasteiger partial charge in [-0.3, -0.25) is 9.59 Å². The lowest BCUT2D eigenvalue weighted by molar-refractivity contribution is -0.138. The average molecular weight is 249 g/mol. The molecule has 0 fully saturated rings. The quantitative estimate of drug-likeness (QED) is 0.697. The first-order valence-electron chi connectivity index (χ1n) is 5.38. The van der Waals surface area contributed by atoms with Gasteiger partial charge in [0, 0.05) is 0 Å². The number of rotatable bonds is 7. The van der Waals surface area contributed by atoms with E-state index in [1.807, 2.05) is 0 Å². The van der Waals surface area contributed by atoms with Crippen LogP contribution in [0.4, 0.5) is 0 Å². The highest BCUT2D eigenvalue weighted by Gasteiger charge is 2.11. The number of hydrogen-bond acceptors (Lipinski definition) is 4. The van der Waals surface area contributed by atoms with Crippen LogP contribution in [0.15, 0.2) is 36.9 Å². The number of carbonyl (C=O) groups is 2. The van der Waals surface area contributed by atoms with Crippen molar-refractivity contribution in [2.45, 2.75) is 12.5 Å². The van der Waals surface area contributed by atoms with E-state index in [0.29, 0.717) is 5.75 Å². The van der Waals surface area contributed by atoms with Crippen LogP contribution in [0, 0.1) is 0 Å². The van der Waals surface area contributed by atoms with E-state index in [1.165, 1.54) is 6.08 Å². The number of aliphatic carboxylic acids is 1. The second-order valence-corrected chi connectivity index (χ2v) is 3.75. The minimum absolute atomic E-state index is 0.0580. The van der Waals surface area contributed by atoms with E-state index in [4.69, 9.17) is 15.6 Å². The molecule has 0 bridgehead atoms. The molecule has 5 heteroatoms. The van der Waals surface area contributed by atoms with E-state index in [0.717, 1.165) is 5.56 Å². The van der Waals surface area contributed by atoms with E-state index in [-0.39, 0.29) is 18.8 Å². The number of ether oxygens (including phenoxy) is 1. The second kappa shape index (κ2) is 6.56. The van der Waals surface area contributed by atoms with Gasteiger partial charge < -0.3 is 15.6 Å². The van der Waals surface area contributed by atoms with E-state index < -0.39 is 12.0 Å². The lowest BCUT2D eigenvalue weighted by Crippen LogP contribution is -2.32. The van der Waals surface area contributed by atoms with Crippen LogP contribution >= 0.6 is 0 Å². The molecule has 96 valence electrons. The van der Waals surface area contributed by atoms with Crippen molar-refractivity contribution < 1.29 is 19.4 Å². The van der Waals surface area contributed by atoms with Gasteiger partial charge in [0.05, 0.1) is 0 Å². The topological polar surface area (TPSA) is 89.6 Å². The number of carboxylic acids is 1. The number of nitrogens with two attached hydrogens (primary N) is 1. The standard InChI is InChI=1S/C13H15NO4/c1-2-10(15)8-18-11-5-3-9(4-6-11)7-12(14)13(16)17/h2-6,12H,1,7-8,14H2,(H,16,17). The average Bonchev–Trinajstić information content (AvgIpc) is 2.37. The summed E-state index contributed by atoms with van der Waals surface area (Å²) in [5.41, 5.74) is 6.21. The zero-order chi connectivity index (χ0) is 13.5. The molecule has 1 atom stereocenters. The Bertz CT molecular complexity index is 439. The minimum atomic E-state index is -1.04. The maximum atomic E-state index is 10.9. The summed E-state index contributed by atoms with van der Waals surface area (Å²) in [6.45, 7) is 3.28. The van der Waals surface area contributed by atoms with E-state index in [1.54, 1.807) is 24.3 Å². The molecule has 0 aliphatic carbocycles. The number of carbonyl (C=O) groups excluding carboxylic acids is 1. The fourth-order valence-corrected chi connectivity index (χ4v) is 1.28. The molecule has 5 nitrogen and oxygen atoms in total. The lowest BCUT2D eigenvalue weighted by Gasteiger charge is -2.08. The summed E-state index contributed by atoms with van der Waals surface area (Å²) in [4.78, 5) is 21.5. The molecule has 0 spiro atoms. The Hall–Kier alpha value is -2.14. The van der Waals surface area contributed by atoms with Gasteiger partial charge >= 0.3 is 5.97 Å². The molecule has 0 aliphatic rings. The van der Waals surface area contributed by atoms with Gasteiger partial charge in [-0.2, -0.15) is 0 Å². The van der Waals surface area contributed by atoms with Crippen LogP contribution in [0.1, 0.15) is 5.56 Å². The fourth-order valence-electron chi connectivity index (χ4n) is 1.28. The normalized spacial score (nSPS) is 11.6. The first-order valence-corrected chi connectivity index (χ1v) is 5.38. The second-order valence-electron chi connectivity index (χ2n) is 3.75. The third-order valence-corrected chi connectivity index (χ3v) is 2.30. The van der Waals surface area contributed by atoms with Crippen molar-refractivity contribution in [3.8, 4) is 5.75 Å². The minimum Gasteiger partial charge on any atom is -0.485 e. The van der Waals surface area contributed by atoms with Crippen molar-refractivity contribution in [2.75, 3.05) is 6.61 Å². The van der Waals surface area contributed by atoms with Gasteiger partial charge in [0.2, 0.25) is 0 Å². The largest absolute Gasteiger partial charge is 0.485 e. The third kappa shape index (κ3) is 4.39. The fraction of sp³-hybridized carbons (Fsp3) is 0.231. The Kier molecular flexibility index (Phi) is 5.07. The Morgan fingerprint density at radius 3 is 2.50 bits per heavy atom. The molecular formula is C13H15NO4. The highest BCUT2D eigenvalue weighted by atomic mass is 16.5. The summed E-state index contributed by atoms with van der Waals surface area (Å²) in [6.07, 6.45) is 1.45. The molecule has 18 heavy (non-hydrogen) atoms. The SMILES string of the molecule is C=CC(=O)COc1ccc(CC(N)C(=O)O)cc1. The van der Waals surface area contributed by atoms with Gasteiger partial charge in [-0.05, 0) is 30.2 Å². The summed E-state index contributed by atoms with van der Waals surface area (Å²) >= 11 is 0. The summed E-state index contributed by atoms with van der Waals surface area (Å²) < 4.78 is 5.20. The molecule has 0 heterocycles. The van der Waals surface area contributed by atoms with Gasteiger partial charge in [0.25, 0.3) is 0 Å². The van der Waals surface area contributed by atoms with Crippen molar-refractivity contribution >= 4 is 11.8 Å². The van der Waals surface area contributed by atoms with E-state index in [2.05, 4.69) is 6.58 Å². The molecule has 1 unspecified atom stereocenters. The van der Waals surface area contributed by atoms with Crippen molar-refractivity contribution in [2.24, 2.45) is 5.73 Å². The van der Waals surface area contributed by atoms with Gasteiger partial charge in [-0.25, -0.2) is 0 Å². The van der Waals surface area contributed by atoms with Crippen LogP contribution in [0.5, 0.6) is 5.75 Å². The Balaban J connectivity index is 2.54. The molecule has 0 radical (unpaired) electrons. The summed E-state index contributed by atoms with van der Waals surface area (Å²) in [6, 6.07) is 5.85. The monoisotopic (exact) mass is 249 g/mol. The number of ketones is 1. The third-order valence-electron chi connectivity index (χ3n) is 2.30. The predicted molar refractivity (Wildman–Crippen MR) is 66.5 cm³/mol. The molecule has 3 N–H and O–H groups in total. The molecule has 1 rings (SSSR count). The summed E-state index contributed by atoms with van der Waals surface area (Å²) in [7, 11) is 0. The Morgan fingerprint density at radius 2 is 2.00 bits per heavy atom. The zero-order valence-electron chi connectivity index (χ0n) is 9.83. The van der Waals surface area contributed by atoms with Crippen LogP contribution in [-0.4, -0.2) is 29.5 Å². The molecule has 0 saturated carbocycles. The Morgan fingerprint density at radius 1 is 1.39 bits per heavy atom. The number of hydrogen-bond donors (Lipinski definition) is 2. The van der Waals surface area contributed by atoms with Crippen LogP contribution in [0.2, 0.25) is 0 Å². The zero-order valence-corrected chi connectivity index (χ0v) is 9.83. The van der Waals surface area contributed by atoms with Crippen LogP contribution in [0.25, 0.3) is 0 Å². The molecule has 0 aromatic heterocycles. The first kappa shape index (κ1) is 13.9. The highest BCUT2D eigenvalue weighted by molar-refractivity contribution is 5.90. The maximum Gasteiger partial charge on any atom is 0.320 e. The van der Waals surface area contributed by atoms with Gasteiger partial charge in [0.15, 0.2) is 12.4 Å². The highest BCUT2D eigenvalue weighted by Crippen LogP contribution is 2.13. The van der Waals surface area contributed by atoms with Crippen LogP contribution in [-0.2, 0) is 16.0 Å². The Labute approximate surface area is 105 Å². The summed E-state index contributed by atoms with van der Waals surface area (Å²) in [5.74, 6) is -0.697. The van der Waals surface area contributed by atoms with E-state index >= 15 is 0 Å². The molecule has 1 aromatic carbocycles.